The molecule has 6 heteroatoms. The second kappa shape index (κ2) is 7.28. The lowest BCUT2D eigenvalue weighted by Gasteiger charge is -2.17. The highest BCUT2D eigenvalue weighted by molar-refractivity contribution is 7.90. The van der Waals surface area contributed by atoms with Gasteiger partial charge in [-0.15, -0.1) is 0 Å². The van der Waals surface area contributed by atoms with Crippen LogP contribution in [-0.2, 0) is 14.6 Å². The molecule has 0 fully saturated rings. The summed E-state index contributed by atoms with van der Waals surface area (Å²) in [7, 11) is -3.25. The van der Waals surface area contributed by atoms with Gasteiger partial charge in [-0.25, -0.2) is 8.42 Å². The van der Waals surface area contributed by atoms with Gasteiger partial charge in [0.15, 0.2) is 15.9 Å². The summed E-state index contributed by atoms with van der Waals surface area (Å²) < 4.78 is 28.5. The molecule has 2 aromatic rings. The zero-order chi connectivity index (χ0) is 16.9. The molecule has 0 heterocycles. The minimum atomic E-state index is -3.25. The lowest BCUT2D eigenvalue weighted by molar-refractivity contribution is -0.122. The van der Waals surface area contributed by atoms with Crippen LogP contribution >= 0.6 is 0 Å². The normalized spacial score (nSPS) is 12.4. The summed E-state index contributed by atoms with van der Waals surface area (Å²) >= 11 is 0. The summed E-state index contributed by atoms with van der Waals surface area (Å²) in [5.74, 6) is 0.352. The van der Waals surface area contributed by atoms with Crippen molar-refractivity contribution in [2.75, 3.05) is 11.6 Å². The van der Waals surface area contributed by atoms with Gasteiger partial charge in [0, 0.05) is 11.9 Å². The first-order valence-corrected chi connectivity index (χ1v) is 9.12. The summed E-state index contributed by atoms with van der Waals surface area (Å²) in [6, 6.07) is 15.2. The zero-order valence-electron chi connectivity index (χ0n) is 13.0. The van der Waals surface area contributed by atoms with Crippen LogP contribution in [0.25, 0.3) is 0 Å². The second-order valence-electron chi connectivity index (χ2n) is 5.11. The lowest BCUT2D eigenvalue weighted by Crippen LogP contribution is -2.32. The van der Waals surface area contributed by atoms with Gasteiger partial charge >= 0.3 is 0 Å². The predicted molar refractivity (Wildman–Crippen MR) is 89.3 cm³/mol. The number of ether oxygens (including phenoxy) is 1. The van der Waals surface area contributed by atoms with E-state index in [1.165, 1.54) is 12.1 Å². The predicted octanol–water partition coefficient (Wildman–Crippen LogP) is 2.89. The fourth-order valence-corrected chi connectivity index (χ4v) is 2.62. The summed E-state index contributed by atoms with van der Waals surface area (Å²) in [5.41, 5.74) is 0.525. The highest BCUT2D eigenvalue weighted by Crippen LogP contribution is 2.16. The molecule has 0 unspecified atom stereocenters. The molecule has 23 heavy (non-hydrogen) atoms. The molecule has 1 amide bonds. The molecule has 2 rings (SSSR count). The molecule has 122 valence electrons. The maximum Gasteiger partial charge on any atom is 0.265 e. The lowest BCUT2D eigenvalue weighted by atomic mass is 10.2. The van der Waals surface area contributed by atoms with E-state index in [2.05, 4.69) is 5.32 Å². The summed E-state index contributed by atoms with van der Waals surface area (Å²) in [6.45, 7) is 1.86. The third kappa shape index (κ3) is 4.82. The van der Waals surface area contributed by atoms with Crippen LogP contribution in [0.5, 0.6) is 5.75 Å². The monoisotopic (exact) mass is 333 g/mol. The molecule has 0 aliphatic heterocycles. The Labute approximate surface area is 136 Å². The Kier molecular flexibility index (Phi) is 5.39. The average Bonchev–Trinajstić information content (AvgIpc) is 2.53. The molecule has 5 nitrogen and oxygen atoms in total. The van der Waals surface area contributed by atoms with Crippen LogP contribution in [0.4, 0.5) is 5.69 Å². The molecule has 0 aliphatic rings. The number of para-hydroxylation sites is 1. The van der Waals surface area contributed by atoms with Gasteiger partial charge < -0.3 is 10.1 Å². The van der Waals surface area contributed by atoms with E-state index in [1.54, 1.807) is 24.3 Å². The largest absolute Gasteiger partial charge is 0.481 e. The standard InChI is InChI=1S/C17H19NO4S/c1-3-16(22-14-7-5-4-6-8-14)17(19)18-13-9-11-15(12-10-13)23(2,20)21/h4-12,16H,3H2,1-2H3,(H,18,19)/t16-/m0/s1. The molecule has 0 bridgehead atoms. The highest BCUT2D eigenvalue weighted by Gasteiger charge is 2.18. The van der Waals surface area contributed by atoms with Crippen LogP contribution in [0.15, 0.2) is 59.5 Å². The number of sulfone groups is 1. The zero-order valence-corrected chi connectivity index (χ0v) is 13.8. The number of hydrogen-bond acceptors (Lipinski definition) is 4. The first-order valence-electron chi connectivity index (χ1n) is 7.23. The van der Waals surface area contributed by atoms with Crippen LogP contribution in [0, 0.1) is 0 Å². The molecule has 0 radical (unpaired) electrons. The number of anilines is 1. The number of amides is 1. The van der Waals surface area contributed by atoms with Crippen molar-refractivity contribution < 1.29 is 17.9 Å². The van der Waals surface area contributed by atoms with E-state index < -0.39 is 15.9 Å². The van der Waals surface area contributed by atoms with Crippen molar-refractivity contribution in [2.45, 2.75) is 24.3 Å². The third-order valence-corrected chi connectivity index (χ3v) is 4.36. The minimum absolute atomic E-state index is 0.211. The quantitative estimate of drug-likeness (QED) is 0.882. The van der Waals surface area contributed by atoms with Gasteiger partial charge in [-0.1, -0.05) is 25.1 Å². The Morgan fingerprint density at radius 2 is 1.70 bits per heavy atom. The first kappa shape index (κ1) is 17.0. The molecule has 1 atom stereocenters. The van der Waals surface area contributed by atoms with Crippen LogP contribution in [0.1, 0.15) is 13.3 Å². The summed E-state index contributed by atoms with van der Waals surface area (Å²) in [5, 5.41) is 2.73. The van der Waals surface area contributed by atoms with Crippen LogP contribution in [0.2, 0.25) is 0 Å². The van der Waals surface area contributed by atoms with Crippen LogP contribution in [0.3, 0.4) is 0 Å². The highest BCUT2D eigenvalue weighted by atomic mass is 32.2. The van der Waals surface area contributed by atoms with E-state index in [-0.39, 0.29) is 10.8 Å². The van der Waals surface area contributed by atoms with E-state index in [9.17, 15) is 13.2 Å². The van der Waals surface area contributed by atoms with Gasteiger partial charge in [0.05, 0.1) is 4.90 Å². The number of benzene rings is 2. The molecule has 0 saturated heterocycles. The van der Waals surface area contributed by atoms with Gasteiger partial charge in [-0.3, -0.25) is 4.79 Å². The van der Waals surface area contributed by atoms with E-state index in [0.29, 0.717) is 17.9 Å². The van der Waals surface area contributed by atoms with Crippen LogP contribution in [-0.4, -0.2) is 26.7 Å². The number of nitrogens with one attached hydrogen (secondary N) is 1. The fraction of sp³-hybridized carbons (Fsp3) is 0.235. The number of rotatable bonds is 6. The Balaban J connectivity index is 2.04. The second-order valence-corrected chi connectivity index (χ2v) is 7.13. The van der Waals surface area contributed by atoms with Gasteiger partial charge in [0.25, 0.3) is 5.91 Å². The Morgan fingerprint density at radius 3 is 2.22 bits per heavy atom. The molecule has 0 spiro atoms. The molecule has 0 saturated carbocycles. The van der Waals surface area contributed by atoms with Crippen molar-refractivity contribution in [3.05, 3.63) is 54.6 Å². The fourth-order valence-electron chi connectivity index (χ4n) is 1.99. The van der Waals surface area contributed by atoms with Gasteiger partial charge in [0.1, 0.15) is 5.75 Å². The Morgan fingerprint density at radius 1 is 1.09 bits per heavy atom. The summed E-state index contributed by atoms with van der Waals surface area (Å²) in [4.78, 5) is 12.5. The minimum Gasteiger partial charge on any atom is -0.481 e. The SMILES string of the molecule is CC[C@H](Oc1ccccc1)C(=O)Nc1ccc(S(C)(=O)=O)cc1. The van der Waals surface area contributed by atoms with Crippen molar-refractivity contribution in [2.24, 2.45) is 0 Å². The van der Waals surface area contributed by atoms with Gasteiger partial charge in [0.2, 0.25) is 0 Å². The first-order chi connectivity index (χ1) is 10.9. The van der Waals surface area contributed by atoms with E-state index in [4.69, 9.17) is 4.74 Å². The van der Waals surface area contributed by atoms with E-state index in [1.807, 2.05) is 25.1 Å². The Hall–Kier alpha value is -2.34. The number of hydrogen-bond donors (Lipinski definition) is 1. The van der Waals surface area contributed by atoms with Gasteiger partial charge in [-0.2, -0.15) is 0 Å². The maximum absolute atomic E-state index is 12.3. The van der Waals surface area contributed by atoms with Crippen molar-refractivity contribution >= 4 is 21.4 Å². The van der Waals surface area contributed by atoms with Crippen molar-refractivity contribution in [3.8, 4) is 5.75 Å². The smallest absolute Gasteiger partial charge is 0.265 e. The topological polar surface area (TPSA) is 72.5 Å². The molecule has 2 aromatic carbocycles. The molecule has 0 aliphatic carbocycles. The van der Waals surface area contributed by atoms with Crippen molar-refractivity contribution in [1.29, 1.82) is 0 Å². The van der Waals surface area contributed by atoms with Crippen molar-refractivity contribution in [1.82, 2.24) is 0 Å². The van der Waals surface area contributed by atoms with Crippen LogP contribution < -0.4 is 10.1 Å². The molecule has 0 aromatic heterocycles. The maximum atomic E-state index is 12.3. The van der Waals surface area contributed by atoms with E-state index in [0.717, 1.165) is 6.26 Å². The average molecular weight is 333 g/mol. The third-order valence-electron chi connectivity index (χ3n) is 3.23. The van der Waals surface area contributed by atoms with E-state index >= 15 is 0 Å². The van der Waals surface area contributed by atoms with Crippen molar-refractivity contribution in [3.63, 3.8) is 0 Å². The molecular weight excluding hydrogens is 314 g/mol. The summed E-state index contributed by atoms with van der Waals surface area (Å²) in [6.07, 6.45) is 1.04. The van der Waals surface area contributed by atoms with Gasteiger partial charge in [-0.05, 0) is 42.8 Å². The molecule has 1 N–H and O–H groups in total. The molecular formula is C17H19NO4S. The number of carbonyl (C=O) groups is 1. The Bertz CT molecular complexity index is 755. The number of carbonyl (C=O) groups excluding carboxylic acids is 1.